The van der Waals surface area contributed by atoms with Crippen LogP contribution < -0.4 is 15.4 Å². The highest BCUT2D eigenvalue weighted by Gasteiger charge is 2.16. The average molecular weight is 394 g/mol. The van der Waals surface area contributed by atoms with Crippen molar-refractivity contribution in [1.82, 2.24) is 9.62 Å². The van der Waals surface area contributed by atoms with Crippen LogP contribution in [0.15, 0.2) is 53.4 Å². The molecule has 0 bridgehead atoms. The number of thiocarbonyl (C=S) groups is 1. The summed E-state index contributed by atoms with van der Waals surface area (Å²) in [7, 11) is -0.425. The van der Waals surface area contributed by atoms with Crippen molar-refractivity contribution in [2.75, 3.05) is 32.6 Å². The van der Waals surface area contributed by atoms with Crippen molar-refractivity contribution in [3.8, 4) is 5.75 Å². The van der Waals surface area contributed by atoms with E-state index in [1.54, 1.807) is 12.1 Å². The number of hydrogen-bond acceptors (Lipinski definition) is 4. The number of aryl methyl sites for hydroxylation is 1. The maximum absolute atomic E-state index is 12.0. The Kier molecular flexibility index (Phi) is 6.96. The van der Waals surface area contributed by atoms with Crippen molar-refractivity contribution < 1.29 is 13.2 Å². The molecule has 2 aromatic carbocycles. The molecule has 0 aliphatic carbocycles. The molecule has 2 rings (SSSR count). The highest BCUT2D eigenvalue weighted by molar-refractivity contribution is 7.89. The summed E-state index contributed by atoms with van der Waals surface area (Å²) in [6.07, 6.45) is 0. The minimum atomic E-state index is -3.42. The fraction of sp³-hybridized carbons (Fsp3) is 0.278. The third kappa shape index (κ3) is 5.69. The summed E-state index contributed by atoms with van der Waals surface area (Å²) in [6, 6.07) is 14.3. The number of hydrogen-bond donors (Lipinski definition) is 2. The van der Waals surface area contributed by atoms with E-state index in [4.69, 9.17) is 17.0 Å². The normalized spacial score (nSPS) is 11.2. The molecular weight excluding hydrogens is 370 g/mol. The predicted molar refractivity (Wildman–Crippen MR) is 108 cm³/mol. The number of ether oxygens (including phenoxy) is 1. The van der Waals surface area contributed by atoms with Crippen LogP contribution in [0.25, 0.3) is 0 Å². The van der Waals surface area contributed by atoms with Crippen LogP contribution in [0, 0.1) is 6.92 Å². The van der Waals surface area contributed by atoms with Gasteiger partial charge in [-0.05, 0) is 55.5 Å². The largest absolute Gasteiger partial charge is 0.492 e. The van der Waals surface area contributed by atoms with E-state index in [-0.39, 0.29) is 4.90 Å². The SMILES string of the molecule is Cc1ccc(NC(=S)NCCOc2ccc(S(=O)(=O)N(C)C)cc2)cc1. The number of rotatable bonds is 7. The predicted octanol–water partition coefficient (Wildman–Crippen LogP) is 2.61. The van der Waals surface area contributed by atoms with Gasteiger partial charge in [0.2, 0.25) is 10.0 Å². The molecular formula is C18H23N3O3S2. The first-order valence-corrected chi connectivity index (χ1v) is 9.91. The molecule has 0 aromatic heterocycles. The van der Waals surface area contributed by atoms with Gasteiger partial charge in [0, 0.05) is 19.8 Å². The fourth-order valence-electron chi connectivity index (χ4n) is 2.06. The molecule has 0 aliphatic heterocycles. The van der Waals surface area contributed by atoms with E-state index < -0.39 is 10.0 Å². The molecule has 0 spiro atoms. The molecule has 2 aromatic rings. The summed E-state index contributed by atoms with van der Waals surface area (Å²) < 4.78 is 30.8. The summed E-state index contributed by atoms with van der Waals surface area (Å²) >= 11 is 5.23. The van der Waals surface area contributed by atoms with Crippen LogP contribution in [0.1, 0.15) is 5.56 Å². The Morgan fingerprint density at radius 1 is 1.08 bits per heavy atom. The van der Waals surface area contributed by atoms with Crippen molar-refractivity contribution in [2.24, 2.45) is 0 Å². The lowest BCUT2D eigenvalue weighted by Crippen LogP contribution is -2.31. The van der Waals surface area contributed by atoms with Crippen LogP contribution in [0.2, 0.25) is 0 Å². The summed E-state index contributed by atoms with van der Waals surface area (Å²) in [4.78, 5) is 0.233. The van der Waals surface area contributed by atoms with Crippen LogP contribution in [0.3, 0.4) is 0 Å². The molecule has 8 heteroatoms. The molecule has 0 unspecified atom stereocenters. The van der Waals surface area contributed by atoms with Gasteiger partial charge < -0.3 is 15.4 Å². The zero-order valence-corrected chi connectivity index (χ0v) is 16.7. The monoisotopic (exact) mass is 393 g/mol. The second-order valence-corrected chi connectivity index (χ2v) is 8.41. The van der Waals surface area contributed by atoms with Crippen LogP contribution in [0.5, 0.6) is 5.75 Å². The quantitative estimate of drug-likeness (QED) is 0.557. The Balaban J connectivity index is 1.76. The first kappa shape index (κ1) is 20.2. The molecule has 0 aliphatic rings. The summed E-state index contributed by atoms with van der Waals surface area (Å²) in [5.41, 5.74) is 2.11. The smallest absolute Gasteiger partial charge is 0.242 e. The van der Waals surface area contributed by atoms with Gasteiger partial charge in [-0.15, -0.1) is 0 Å². The molecule has 2 N–H and O–H groups in total. The molecule has 6 nitrogen and oxygen atoms in total. The molecule has 0 atom stereocenters. The van der Waals surface area contributed by atoms with Crippen LogP contribution in [0.4, 0.5) is 5.69 Å². The first-order valence-electron chi connectivity index (χ1n) is 8.06. The highest BCUT2D eigenvalue weighted by Crippen LogP contribution is 2.17. The van der Waals surface area contributed by atoms with Crippen LogP contribution in [-0.4, -0.2) is 45.1 Å². The topological polar surface area (TPSA) is 70.7 Å². The van der Waals surface area contributed by atoms with Gasteiger partial charge in [-0.3, -0.25) is 0 Å². The second kappa shape index (κ2) is 8.98. The lowest BCUT2D eigenvalue weighted by atomic mass is 10.2. The average Bonchev–Trinajstić information content (AvgIpc) is 2.61. The van der Waals surface area contributed by atoms with Crippen LogP contribution >= 0.6 is 12.2 Å². The van der Waals surface area contributed by atoms with Crippen molar-refractivity contribution in [3.05, 3.63) is 54.1 Å². The minimum Gasteiger partial charge on any atom is -0.492 e. The van der Waals surface area contributed by atoms with E-state index in [0.717, 1.165) is 5.69 Å². The van der Waals surface area contributed by atoms with Crippen molar-refractivity contribution in [1.29, 1.82) is 0 Å². The maximum atomic E-state index is 12.0. The van der Waals surface area contributed by atoms with E-state index in [1.165, 1.54) is 36.1 Å². The van der Waals surface area contributed by atoms with Crippen LogP contribution in [-0.2, 0) is 10.0 Å². The minimum absolute atomic E-state index is 0.233. The molecule has 0 fully saturated rings. The molecule has 26 heavy (non-hydrogen) atoms. The number of nitrogens with zero attached hydrogens (tertiary/aromatic N) is 1. The van der Waals surface area contributed by atoms with Gasteiger partial charge in [0.25, 0.3) is 0 Å². The summed E-state index contributed by atoms with van der Waals surface area (Å²) in [5, 5.41) is 6.67. The Morgan fingerprint density at radius 2 is 1.69 bits per heavy atom. The van der Waals surface area contributed by atoms with Gasteiger partial charge in [-0.1, -0.05) is 17.7 Å². The lowest BCUT2D eigenvalue weighted by Gasteiger charge is -2.13. The zero-order chi connectivity index (χ0) is 19.2. The molecule has 0 saturated heterocycles. The molecule has 140 valence electrons. The summed E-state index contributed by atoms with van der Waals surface area (Å²) in [5.74, 6) is 0.599. The third-order valence-electron chi connectivity index (χ3n) is 3.57. The highest BCUT2D eigenvalue weighted by atomic mass is 32.2. The number of nitrogens with one attached hydrogen (secondary N) is 2. The number of benzene rings is 2. The lowest BCUT2D eigenvalue weighted by molar-refractivity contribution is 0.322. The Hall–Kier alpha value is -2.16. The van der Waals surface area contributed by atoms with Crippen molar-refractivity contribution in [3.63, 3.8) is 0 Å². The Bertz CT molecular complexity index is 833. The van der Waals surface area contributed by atoms with Gasteiger partial charge in [0.15, 0.2) is 5.11 Å². The standard InChI is InChI=1S/C18H23N3O3S2/c1-14-4-6-15(7-5-14)20-18(25)19-12-13-24-16-8-10-17(11-9-16)26(22,23)21(2)3/h4-11H,12-13H2,1-3H3,(H2,19,20,25). The van der Waals surface area contributed by atoms with Gasteiger partial charge >= 0.3 is 0 Å². The maximum Gasteiger partial charge on any atom is 0.242 e. The number of sulfonamides is 1. The van der Waals surface area contributed by atoms with E-state index in [2.05, 4.69) is 10.6 Å². The van der Waals surface area contributed by atoms with E-state index in [9.17, 15) is 8.42 Å². The fourth-order valence-corrected chi connectivity index (χ4v) is 3.19. The Labute approximate surface area is 160 Å². The molecule has 0 radical (unpaired) electrons. The van der Waals surface area contributed by atoms with Gasteiger partial charge in [-0.25, -0.2) is 12.7 Å². The van der Waals surface area contributed by atoms with Gasteiger partial charge in [-0.2, -0.15) is 0 Å². The van der Waals surface area contributed by atoms with Gasteiger partial charge in [0.1, 0.15) is 12.4 Å². The first-order chi connectivity index (χ1) is 12.3. The Morgan fingerprint density at radius 3 is 2.27 bits per heavy atom. The molecule has 0 saturated carbocycles. The van der Waals surface area contributed by atoms with Crippen molar-refractivity contribution >= 4 is 33.0 Å². The number of anilines is 1. The molecule has 0 amide bonds. The van der Waals surface area contributed by atoms with E-state index in [0.29, 0.717) is 24.0 Å². The summed E-state index contributed by atoms with van der Waals surface area (Å²) in [6.45, 7) is 2.95. The zero-order valence-electron chi connectivity index (χ0n) is 15.0. The third-order valence-corrected chi connectivity index (χ3v) is 5.64. The van der Waals surface area contributed by atoms with Crippen molar-refractivity contribution in [2.45, 2.75) is 11.8 Å². The second-order valence-electron chi connectivity index (χ2n) is 5.85. The molecule has 0 heterocycles. The van der Waals surface area contributed by atoms with E-state index in [1.807, 2.05) is 31.2 Å². The van der Waals surface area contributed by atoms with E-state index >= 15 is 0 Å². The van der Waals surface area contributed by atoms with Gasteiger partial charge in [0.05, 0.1) is 11.4 Å².